The van der Waals surface area contributed by atoms with E-state index in [2.05, 4.69) is 25.6 Å². The Bertz CT molecular complexity index is 1570. The largest absolute Gasteiger partial charge is 0.298 e. The lowest BCUT2D eigenvalue weighted by molar-refractivity contribution is -0.384. The fraction of sp³-hybridized carbons (Fsp3) is 0. The minimum absolute atomic E-state index is 0.0316. The molecule has 0 aliphatic carbocycles. The molecule has 0 aliphatic heterocycles. The van der Waals surface area contributed by atoms with Crippen molar-refractivity contribution in [3.8, 4) is 0 Å². The minimum Gasteiger partial charge on any atom is -0.298 e. The Morgan fingerprint density at radius 1 is 0.750 bits per heavy atom. The van der Waals surface area contributed by atoms with Gasteiger partial charge < -0.3 is 0 Å². The molecule has 13 nitrogen and oxygen atoms in total. The Morgan fingerprint density at radius 2 is 1.28 bits per heavy atom. The standard InChI is InChI=1S/C21H11N7O6S2/c29-18(25-20-23-13-5-2-11(27(31)32)7-16(13)35-20)10-1-4-15(22-9-10)19(30)26-21-24-14-6-3-12(28(33)34)8-17(14)36-21/h1-9H,(H,23,25,29)(H,24,26,30). The van der Waals surface area contributed by atoms with Crippen molar-refractivity contribution in [2.24, 2.45) is 0 Å². The fourth-order valence-corrected chi connectivity index (χ4v) is 4.94. The predicted molar refractivity (Wildman–Crippen MR) is 133 cm³/mol. The zero-order valence-corrected chi connectivity index (χ0v) is 19.3. The number of rotatable bonds is 6. The van der Waals surface area contributed by atoms with Crippen molar-refractivity contribution in [3.63, 3.8) is 0 Å². The van der Waals surface area contributed by atoms with E-state index in [9.17, 15) is 29.8 Å². The number of carbonyl (C=O) groups excluding carboxylic acids is 2. The van der Waals surface area contributed by atoms with E-state index in [1.54, 1.807) is 0 Å². The zero-order chi connectivity index (χ0) is 25.4. The quantitative estimate of drug-likeness (QED) is 0.238. The first-order chi connectivity index (χ1) is 17.3. The highest BCUT2D eigenvalue weighted by Gasteiger charge is 2.16. The van der Waals surface area contributed by atoms with Crippen LogP contribution in [0.2, 0.25) is 0 Å². The maximum atomic E-state index is 12.6. The zero-order valence-electron chi connectivity index (χ0n) is 17.7. The van der Waals surface area contributed by atoms with Gasteiger partial charge in [0.15, 0.2) is 10.3 Å². The van der Waals surface area contributed by atoms with Gasteiger partial charge in [0.1, 0.15) is 5.69 Å². The number of anilines is 2. The van der Waals surface area contributed by atoms with Crippen molar-refractivity contribution in [3.05, 3.63) is 86.2 Å². The Morgan fingerprint density at radius 3 is 1.75 bits per heavy atom. The van der Waals surface area contributed by atoms with Gasteiger partial charge in [0.25, 0.3) is 23.2 Å². The number of hydrogen-bond acceptors (Lipinski definition) is 11. The summed E-state index contributed by atoms with van der Waals surface area (Å²) < 4.78 is 1.10. The van der Waals surface area contributed by atoms with E-state index in [4.69, 9.17) is 0 Å². The summed E-state index contributed by atoms with van der Waals surface area (Å²) in [5.41, 5.74) is 1.06. The number of aromatic nitrogens is 3. The van der Waals surface area contributed by atoms with E-state index < -0.39 is 21.7 Å². The monoisotopic (exact) mass is 521 g/mol. The highest BCUT2D eigenvalue weighted by molar-refractivity contribution is 7.22. The number of nitro benzene ring substituents is 2. The highest BCUT2D eigenvalue weighted by Crippen LogP contribution is 2.30. The van der Waals surface area contributed by atoms with Crippen LogP contribution >= 0.6 is 22.7 Å². The third-order valence-corrected chi connectivity index (χ3v) is 6.73. The number of non-ortho nitro benzene ring substituents is 2. The van der Waals surface area contributed by atoms with Crippen molar-refractivity contribution in [2.45, 2.75) is 0 Å². The number of nitrogens with zero attached hydrogens (tertiary/aromatic N) is 5. The molecule has 0 saturated heterocycles. The summed E-state index contributed by atoms with van der Waals surface area (Å²) in [7, 11) is 0. The number of pyridine rings is 1. The molecule has 178 valence electrons. The third kappa shape index (κ3) is 4.55. The Kier molecular flexibility index (Phi) is 5.75. The maximum Gasteiger partial charge on any atom is 0.276 e. The van der Waals surface area contributed by atoms with Gasteiger partial charge in [-0.2, -0.15) is 0 Å². The molecule has 5 aromatic rings. The molecule has 0 atom stereocenters. The number of nitrogens with one attached hydrogen (secondary N) is 2. The molecule has 3 aromatic heterocycles. The second kappa shape index (κ2) is 9.05. The van der Waals surface area contributed by atoms with Crippen LogP contribution in [0.3, 0.4) is 0 Å². The average Bonchev–Trinajstić information content (AvgIpc) is 3.45. The van der Waals surface area contributed by atoms with Gasteiger partial charge in [-0.15, -0.1) is 0 Å². The van der Waals surface area contributed by atoms with Gasteiger partial charge in [0, 0.05) is 30.5 Å². The van der Waals surface area contributed by atoms with Gasteiger partial charge in [-0.25, -0.2) is 9.97 Å². The maximum absolute atomic E-state index is 12.6. The van der Waals surface area contributed by atoms with Gasteiger partial charge in [-0.05, 0) is 24.3 Å². The molecule has 0 aliphatic rings. The van der Waals surface area contributed by atoms with E-state index in [1.807, 2.05) is 0 Å². The first-order valence-corrected chi connectivity index (χ1v) is 11.6. The van der Waals surface area contributed by atoms with E-state index in [1.165, 1.54) is 54.7 Å². The van der Waals surface area contributed by atoms with Crippen LogP contribution in [0.4, 0.5) is 21.6 Å². The predicted octanol–water partition coefficient (Wildman–Crippen LogP) is 4.62. The van der Waals surface area contributed by atoms with Crippen LogP contribution in [0.15, 0.2) is 54.7 Å². The molecule has 15 heteroatoms. The molecule has 0 radical (unpaired) electrons. The molecule has 5 rings (SSSR count). The minimum atomic E-state index is -0.566. The lowest BCUT2D eigenvalue weighted by Gasteiger charge is -2.03. The van der Waals surface area contributed by atoms with Crippen molar-refractivity contribution in [1.82, 2.24) is 15.0 Å². The summed E-state index contributed by atoms with van der Waals surface area (Å²) in [5, 5.41) is 27.6. The van der Waals surface area contributed by atoms with Crippen molar-refractivity contribution in [1.29, 1.82) is 0 Å². The number of carbonyl (C=O) groups is 2. The Labute approximate surface area is 207 Å². The summed E-state index contributed by atoms with van der Waals surface area (Å²) in [6.45, 7) is 0. The number of amides is 2. The van der Waals surface area contributed by atoms with Crippen LogP contribution in [-0.4, -0.2) is 36.6 Å². The smallest absolute Gasteiger partial charge is 0.276 e. The summed E-state index contributed by atoms with van der Waals surface area (Å²) in [5.74, 6) is -1.08. The second-order valence-corrected chi connectivity index (χ2v) is 9.26. The van der Waals surface area contributed by atoms with Crippen molar-refractivity contribution >= 4 is 76.6 Å². The number of fused-ring (bicyclic) bond motifs is 2. The SMILES string of the molecule is O=C(Nc1nc2ccc([N+](=O)[O-])cc2s1)c1ccc(C(=O)Nc2nc3ccc([N+](=O)[O-])cc3s2)nc1. The topological polar surface area (TPSA) is 183 Å². The summed E-state index contributed by atoms with van der Waals surface area (Å²) in [6, 6.07) is 11.2. The van der Waals surface area contributed by atoms with Crippen LogP contribution in [0.25, 0.3) is 20.4 Å². The molecular formula is C21H11N7O6S2. The lowest BCUT2D eigenvalue weighted by atomic mass is 10.2. The normalized spacial score (nSPS) is 10.9. The van der Waals surface area contributed by atoms with E-state index in [0.29, 0.717) is 20.4 Å². The second-order valence-electron chi connectivity index (χ2n) is 7.20. The average molecular weight is 521 g/mol. The molecule has 0 fully saturated rings. The highest BCUT2D eigenvalue weighted by atomic mass is 32.1. The first kappa shape index (κ1) is 22.9. The van der Waals surface area contributed by atoms with Gasteiger partial charge in [0.05, 0.1) is 35.8 Å². The molecule has 3 heterocycles. The summed E-state index contributed by atoms with van der Waals surface area (Å²) in [6.07, 6.45) is 1.23. The lowest BCUT2D eigenvalue weighted by Crippen LogP contribution is -2.16. The van der Waals surface area contributed by atoms with E-state index in [-0.39, 0.29) is 32.9 Å². The van der Waals surface area contributed by atoms with Gasteiger partial charge in [-0.1, -0.05) is 22.7 Å². The number of nitro groups is 2. The Hall–Kier alpha value is -4.89. The fourth-order valence-electron chi connectivity index (χ4n) is 3.15. The van der Waals surface area contributed by atoms with Crippen LogP contribution in [0.5, 0.6) is 0 Å². The third-order valence-electron chi connectivity index (χ3n) is 4.86. The first-order valence-electron chi connectivity index (χ1n) is 9.95. The molecule has 0 bridgehead atoms. The molecule has 2 aromatic carbocycles. The number of benzene rings is 2. The number of thiazole rings is 2. The van der Waals surface area contributed by atoms with Gasteiger partial charge >= 0.3 is 0 Å². The van der Waals surface area contributed by atoms with Crippen LogP contribution in [0.1, 0.15) is 20.8 Å². The van der Waals surface area contributed by atoms with Crippen LogP contribution in [-0.2, 0) is 0 Å². The van der Waals surface area contributed by atoms with Crippen LogP contribution < -0.4 is 10.6 Å². The molecule has 2 N–H and O–H groups in total. The van der Waals surface area contributed by atoms with Crippen molar-refractivity contribution < 1.29 is 19.4 Å². The van der Waals surface area contributed by atoms with Crippen molar-refractivity contribution in [2.75, 3.05) is 10.6 Å². The summed E-state index contributed by atoms with van der Waals surface area (Å²) in [4.78, 5) is 58.4. The Balaban J connectivity index is 1.26. The number of hydrogen-bond donors (Lipinski definition) is 2. The molecule has 0 saturated carbocycles. The van der Waals surface area contributed by atoms with Crippen LogP contribution in [0, 0.1) is 20.2 Å². The molecule has 0 unspecified atom stereocenters. The molecule has 0 spiro atoms. The molecule has 2 amide bonds. The van der Waals surface area contributed by atoms with Gasteiger partial charge in [-0.3, -0.25) is 45.4 Å². The van der Waals surface area contributed by atoms with E-state index in [0.717, 1.165) is 22.7 Å². The molecular weight excluding hydrogens is 510 g/mol. The molecule has 36 heavy (non-hydrogen) atoms. The summed E-state index contributed by atoms with van der Waals surface area (Å²) >= 11 is 2.17. The van der Waals surface area contributed by atoms with Gasteiger partial charge in [0.2, 0.25) is 0 Å². The van der Waals surface area contributed by atoms with E-state index >= 15 is 0 Å².